The summed E-state index contributed by atoms with van der Waals surface area (Å²) in [6, 6.07) is 8.85. The lowest BCUT2D eigenvalue weighted by Gasteiger charge is -2.58. The van der Waals surface area contributed by atoms with Crippen LogP contribution < -0.4 is 10.2 Å². The fourth-order valence-electron chi connectivity index (χ4n) is 4.29. The first-order chi connectivity index (χ1) is 14.2. The number of nitrogens with zero attached hydrogens (tertiary/aromatic N) is 3. The highest BCUT2D eigenvalue weighted by Gasteiger charge is 2.53. The molecule has 1 aliphatic carbocycles. The predicted molar refractivity (Wildman–Crippen MR) is 112 cm³/mol. The van der Waals surface area contributed by atoms with Crippen LogP contribution in [0.1, 0.15) is 23.2 Å². The summed E-state index contributed by atoms with van der Waals surface area (Å²) in [5.74, 6) is -0.283. The maximum absolute atomic E-state index is 12.5. The number of aromatic nitrogens is 2. The molecule has 1 aromatic carbocycles. The number of fused-ring (bicyclic) bond motifs is 1. The van der Waals surface area contributed by atoms with E-state index in [1.54, 1.807) is 12.1 Å². The van der Waals surface area contributed by atoms with Gasteiger partial charge in [0.25, 0.3) is 11.9 Å². The highest BCUT2D eigenvalue weighted by Crippen LogP contribution is 2.49. The van der Waals surface area contributed by atoms with Gasteiger partial charge in [0.05, 0.1) is 0 Å². The molecule has 3 heterocycles. The number of halogens is 1. The van der Waals surface area contributed by atoms with Crippen LogP contribution in [0.4, 0.5) is 6.01 Å². The molecular weight excluding hydrogens is 428 g/mol. The van der Waals surface area contributed by atoms with E-state index in [9.17, 15) is 13.2 Å². The summed E-state index contributed by atoms with van der Waals surface area (Å²) < 4.78 is 29.1. The summed E-state index contributed by atoms with van der Waals surface area (Å²) in [4.78, 5) is 22.9. The molecule has 156 valence electrons. The number of carbonyl (C=O) groups excluding carboxylic acids is 1. The van der Waals surface area contributed by atoms with Crippen LogP contribution in [0.5, 0.6) is 0 Å². The van der Waals surface area contributed by atoms with Crippen molar-refractivity contribution in [3.8, 4) is 0 Å². The van der Waals surface area contributed by atoms with Crippen LogP contribution in [-0.2, 0) is 9.84 Å². The van der Waals surface area contributed by atoms with E-state index in [1.807, 2.05) is 6.07 Å². The lowest BCUT2D eigenvalue weighted by Crippen LogP contribution is -2.66. The van der Waals surface area contributed by atoms with Crippen LogP contribution in [0.2, 0.25) is 5.02 Å². The molecule has 5 rings (SSSR count). The summed E-state index contributed by atoms with van der Waals surface area (Å²) in [6.07, 6.45) is 4.14. The van der Waals surface area contributed by atoms with E-state index in [0.29, 0.717) is 22.2 Å². The summed E-state index contributed by atoms with van der Waals surface area (Å²) in [7, 11) is -3.46. The van der Waals surface area contributed by atoms with Gasteiger partial charge in [-0.05, 0) is 43.2 Å². The molecule has 1 saturated carbocycles. The molecule has 0 unspecified atom stereocenters. The maximum Gasteiger partial charge on any atom is 0.298 e. The van der Waals surface area contributed by atoms with E-state index in [1.165, 1.54) is 18.3 Å². The molecule has 8 nitrogen and oxygen atoms in total. The molecule has 1 amide bonds. The number of carbonyl (C=O) groups is 1. The third kappa shape index (κ3) is 3.41. The smallest absolute Gasteiger partial charge is 0.298 e. The van der Waals surface area contributed by atoms with Gasteiger partial charge in [-0.1, -0.05) is 11.6 Å². The van der Waals surface area contributed by atoms with Crippen molar-refractivity contribution in [2.45, 2.75) is 23.9 Å². The Morgan fingerprint density at radius 3 is 2.77 bits per heavy atom. The zero-order chi connectivity index (χ0) is 21.1. The molecule has 2 aliphatic rings. The number of hydrogen-bond acceptors (Lipinski definition) is 7. The van der Waals surface area contributed by atoms with Crippen molar-refractivity contribution in [2.75, 3.05) is 24.2 Å². The minimum Gasteiger partial charge on any atom is -0.423 e. The Bertz CT molecular complexity index is 1260. The van der Waals surface area contributed by atoms with Crippen molar-refractivity contribution in [2.24, 2.45) is 5.41 Å². The number of hydrogen-bond donors (Lipinski definition) is 1. The van der Waals surface area contributed by atoms with Gasteiger partial charge < -0.3 is 14.6 Å². The second kappa shape index (κ2) is 6.68. The van der Waals surface area contributed by atoms with Crippen molar-refractivity contribution >= 4 is 44.5 Å². The molecule has 1 aliphatic heterocycles. The molecular formula is C20H19ClN4O4S. The quantitative estimate of drug-likeness (QED) is 0.656. The SMILES string of the molecule is CS(=O)(=O)c1cc(C(=O)NC2CC3(C2)CN(c2nc4cc(Cl)ccc4o2)C3)ccn1. The van der Waals surface area contributed by atoms with Crippen molar-refractivity contribution < 1.29 is 17.6 Å². The van der Waals surface area contributed by atoms with Crippen molar-refractivity contribution in [3.63, 3.8) is 0 Å². The third-order valence-corrected chi connectivity index (χ3v) is 6.95. The van der Waals surface area contributed by atoms with Crippen molar-refractivity contribution in [1.82, 2.24) is 15.3 Å². The number of sulfone groups is 1. The molecule has 0 atom stereocenters. The molecule has 1 N–H and O–H groups in total. The van der Waals surface area contributed by atoms with Crippen LogP contribution in [0.25, 0.3) is 11.1 Å². The Morgan fingerprint density at radius 2 is 2.03 bits per heavy atom. The molecule has 10 heteroatoms. The Kier molecular flexibility index (Phi) is 4.30. The lowest BCUT2D eigenvalue weighted by molar-refractivity contribution is 0.0414. The zero-order valence-electron chi connectivity index (χ0n) is 16.1. The fraction of sp³-hybridized carbons (Fsp3) is 0.350. The second-order valence-electron chi connectivity index (χ2n) is 8.20. The van der Waals surface area contributed by atoms with Crippen LogP contribution in [0.3, 0.4) is 0 Å². The summed E-state index contributed by atoms with van der Waals surface area (Å²) >= 11 is 6.00. The first-order valence-corrected chi connectivity index (χ1v) is 11.8. The van der Waals surface area contributed by atoms with Gasteiger partial charge in [0.1, 0.15) is 5.52 Å². The summed E-state index contributed by atoms with van der Waals surface area (Å²) in [5.41, 5.74) is 1.90. The Hall–Kier alpha value is -2.65. The minimum absolute atomic E-state index is 0.0666. The number of benzene rings is 1. The standard InChI is InChI=1S/C20H19ClN4O4S/c1-30(27,28)17-6-12(4-5-22-17)18(26)23-14-8-20(9-14)10-25(11-20)19-24-15-7-13(21)2-3-16(15)29-19/h2-7,14H,8-11H2,1H3,(H,23,26). The molecule has 2 aromatic heterocycles. The second-order valence-corrected chi connectivity index (χ2v) is 10.6. The van der Waals surface area contributed by atoms with Crippen LogP contribution in [0.15, 0.2) is 46.0 Å². The maximum atomic E-state index is 12.5. The van der Waals surface area contributed by atoms with Crippen LogP contribution >= 0.6 is 11.6 Å². The van der Waals surface area contributed by atoms with Crippen molar-refractivity contribution in [1.29, 1.82) is 0 Å². The van der Waals surface area contributed by atoms with E-state index < -0.39 is 9.84 Å². The van der Waals surface area contributed by atoms with E-state index >= 15 is 0 Å². The third-order valence-electron chi connectivity index (χ3n) is 5.73. The van der Waals surface area contributed by atoms with Crippen LogP contribution in [0, 0.1) is 5.41 Å². The Labute approximate surface area is 178 Å². The highest BCUT2D eigenvalue weighted by molar-refractivity contribution is 7.90. The molecule has 1 saturated heterocycles. The van der Waals surface area contributed by atoms with Gasteiger partial charge in [-0.15, -0.1) is 0 Å². The number of pyridine rings is 1. The van der Waals surface area contributed by atoms with E-state index in [-0.39, 0.29) is 22.4 Å². The first-order valence-electron chi connectivity index (χ1n) is 9.49. The van der Waals surface area contributed by atoms with E-state index in [0.717, 1.165) is 37.7 Å². The van der Waals surface area contributed by atoms with Gasteiger partial charge in [0.2, 0.25) is 0 Å². The first kappa shape index (κ1) is 19.3. The van der Waals surface area contributed by atoms with Gasteiger partial charge in [0.15, 0.2) is 20.4 Å². The fourth-order valence-corrected chi connectivity index (χ4v) is 5.05. The van der Waals surface area contributed by atoms with Gasteiger partial charge in [0, 0.05) is 47.6 Å². The average Bonchev–Trinajstić information content (AvgIpc) is 3.04. The van der Waals surface area contributed by atoms with Gasteiger partial charge in [-0.3, -0.25) is 4.79 Å². The predicted octanol–water partition coefficient (Wildman–Crippen LogP) is 2.68. The molecule has 30 heavy (non-hydrogen) atoms. The normalized spacial score (nSPS) is 18.3. The highest BCUT2D eigenvalue weighted by atomic mass is 35.5. The number of nitrogens with one attached hydrogen (secondary N) is 1. The summed E-state index contributed by atoms with van der Waals surface area (Å²) in [5, 5.41) is 3.50. The number of amides is 1. The topological polar surface area (TPSA) is 105 Å². The van der Waals surface area contributed by atoms with Gasteiger partial charge in [-0.2, -0.15) is 4.98 Å². The van der Waals surface area contributed by atoms with E-state index in [4.69, 9.17) is 16.0 Å². The lowest BCUT2D eigenvalue weighted by atomic mass is 9.60. The zero-order valence-corrected chi connectivity index (χ0v) is 17.7. The number of anilines is 1. The summed E-state index contributed by atoms with van der Waals surface area (Å²) in [6.45, 7) is 1.65. The molecule has 2 fully saturated rings. The minimum atomic E-state index is -3.46. The molecule has 0 radical (unpaired) electrons. The Morgan fingerprint density at radius 1 is 1.27 bits per heavy atom. The molecule has 0 bridgehead atoms. The van der Waals surface area contributed by atoms with Gasteiger partial charge in [-0.25, -0.2) is 13.4 Å². The molecule has 3 aromatic rings. The van der Waals surface area contributed by atoms with Crippen molar-refractivity contribution in [3.05, 3.63) is 47.1 Å². The largest absolute Gasteiger partial charge is 0.423 e. The van der Waals surface area contributed by atoms with Crippen LogP contribution in [-0.4, -0.2) is 49.7 Å². The van der Waals surface area contributed by atoms with Gasteiger partial charge >= 0.3 is 0 Å². The Balaban J connectivity index is 1.18. The van der Waals surface area contributed by atoms with E-state index in [2.05, 4.69) is 20.2 Å². The average molecular weight is 447 g/mol. The monoisotopic (exact) mass is 446 g/mol. The number of rotatable bonds is 4. The number of oxazole rings is 1. The molecule has 1 spiro atoms.